The lowest BCUT2D eigenvalue weighted by Gasteiger charge is -2.45. The van der Waals surface area contributed by atoms with Gasteiger partial charge in [0.05, 0.1) is 6.04 Å². The SMILES string of the molecule is c1csc(C2CNCC3CCCCN32)c1. The summed E-state index contributed by atoms with van der Waals surface area (Å²) in [5, 5.41) is 5.78. The Morgan fingerprint density at radius 2 is 2.33 bits per heavy atom. The summed E-state index contributed by atoms with van der Waals surface area (Å²) >= 11 is 1.90. The molecule has 3 heteroatoms. The van der Waals surface area contributed by atoms with Crippen LogP contribution in [0.15, 0.2) is 17.5 Å². The summed E-state index contributed by atoms with van der Waals surface area (Å²) in [5.74, 6) is 0. The molecule has 1 N–H and O–H groups in total. The molecule has 2 fully saturated rings. The molecule has 2 aliphatic heterocycles. The van der Waals surface area contributed by atoms with Crippen molar-refractivity contribution in [3.8, 4) is 0 Å². The lowest BCUT2D eigenvalue weighted by molar-refractivity contribution is 0.0660. The summed E-state index contributed by atoms with van der Waals surface area (Å²) in [5.41, 5.74) is 0. The molecule has 1 aromatic rings. The Hall–Kier alpha value is -0.380. The maximum absolute atomic E-state index is 3.59. The van der Waals surface area contributed by atoms with Crippen LogP contribution in [0.4, 0.5) is 0 Å². The van der Waals surface area contributed by atoms with Crippen molar-refractivity contribution < 1.29 is 0 Å². The fourth-order valence-electron chi connectivity index (χ4n) is 2.90. The number of fused-ring (bicyclic) bond motifs is 1. The summed E-state index contributed by atoms with van der Waals surface area (Å²) in [7, 11) is 0. The molecule has 0 aliphatic carbocycles. The highest BCUT2D eigenvalue weighted by molar-refractivity contribution is 7.10. The van der Waals surface area contributed by atoms with Crippen molar-refractivity contribution in [2.45, 2.75) is 31.3 Å². The fraction of sp³-hybridized carbons (Fsp3) is 0.667. The number of piperazine rings is 1. The van der Waals surface area contributed by atoms with E-state index in [1.807, 2.05) is 11.3 Å². The van der Waals surface area contributed by atoms with Crippen LogP contribution in [0.25, 0.3) is 0 Å². The quantitative estimate of drug-likeness (QED) is 0.784. The first-order valence-corrected chi connectivity index (χ1v) is 6.83. The van der Waals surface area contributed by atoms with Crippen LogP contribution >= 0.6 is 11.3 Å². The van der Waals surface area contributed by atoms with Gasteiger partial charge in [-0.2, -0.15) is 0 Å². The van der Waals surface area contributed by atoms with Crippen LogP contribution in [-0.4, -0.2) is 30.6 Å². The molecular formula is C12H18N2S. The van der Waals surface area contributed by atoms with E-state index < -0.39 is 0 Å². The van der Waals surface area contributed by atoms with Crippen molar-refractivity contribution >= 4 is 11.3 Å². The zero-order valence-electron chi connectivity index (χ0n) is 8.98. The first kappa shape index (κ1) is 9.82. The molecule has 0 saturated carbocycles. The average molecular weight is 222 g/mol. The van der Waals surface area contributed by atoms with E-state index in [1.54, 1.807) is 0 Å². The highest BCUT2D eigenvalue weighted by atomic mass is 32.1. The van der Waals surface area contributed by atoms with E-state index in [2.05, 4.69) is 27.7 Å². The summed E-state index contributed by atoms with van der Waals surface area (Å²) in [6, 6.07) is 5.89. The van der Waals surface area contributed by atoms with Crippen molar-refractivity contribution in [2.75, 3.05) is 19.6 Å². The summed E-state index contributed by atoms with van der Waals surface area (Å²) < 4.78 is 0. The average Bonchev–Trinajstić information content (AvgIpc) is 2.82. The highest BCUT2D eigenvalue weighted by Crippen LogP contribution is 2.32. The number of hydrogen-bond acceptors (Lipinski definition) is 3. The summed E-state index contributed by atoms with van der Waals surface area (Å²) in [4.78, 5) is 4.26. The molecule has 15 heavy (non-hydrogen) atoms. The Bertz CT molecular complexity index is 307. The van der Waals surface area contributed by atoms with Gasteiger partial charge in [-0.1, -0.05) is 12.5 Å². The highest BCUT2D eigenvalue weighted by Gasteiger charge is 2.33. The van der Waals surface area contributed by atoms with Gasteiger partial charge in [-0.05, 0) is 30.8 Å². The second-order valence-electron chi connectivity index (χ2n) is 4.58. The molecule has 0 amide bonds. The number of nitrogens with zero attached hydrogens (tertiary/aromatic N) is 1. The van der Waals surface area contributed by atoms with Gasteiger partial charge in [-0.3, -0.25) is 4.90 Å². The van der Waals surface area contributed by atoms with E-state index in [4.69, 9.17) is 0 Å². The van der Waals surface area contributed by atoms with Crippen LogP contribution in [0.3, 0.4) is 0 Å². The van der Waals surface area contributed by atoms with Gasteiger partial charge in [0.2, 0.25) is 0 Å². The van der Waals surface area contributed by atoms with Crippen LogP contribution < -0.4 is 5.32 Å². The minimum Gasteiger partial charge on any atom is -0.313 e. The second kappa shape index (κ2) is 4.24. The fourth-order valence-corrected chi connectivity index (χ4v) is 3.75. The number of thiophene rings is 1. The van der Waals surface area contributed by atoms with Crippen molar-refractivity contribution in [3.63, 3.8) is 0 Å². The Balaban J connectivity index is 1.82. The van der Waals surface area contributed by atoms with Crippen LogP contribution in [0.5, 0.6) is 0 Å². The molecule has 0 aromatic carbocycles. The van der Waals surface area contributed by atoms with E-state index in [-0.39, 0.29) is 0 Å². The van der Waals surface area contributed by atoms with Gasteiger partial charge in [-0.25, -0.2) is 0 Å². The van der Waals surface area contributed by atoms with Gasteiger partial charge in [0.15, 0.2) is 0 Å². The van der Waals surface area contributed by atoms with Gasteiger partial charge in [0, 0.05) is 24.0 Å². The molecule has 1 aromatic heterocycles. The topological polar surface area (TPSA) is 15.3 Å². The monoisotopic (exact) mass is 222 g/mol. The first-order chi connectivity index (χ1) is 7.45. The van der Waals surface area contributed by atoms with Crippen LogP contribution in [0, 0.1) is 0 Å². The van der Waals surface area contributed by atoms with Crippen molar-refractivity contribution in [1.82, 2.24) is 10.2 Å². The van der Waals surface area contributed by atoms with Crippen LogP contribution in [0.2, 0.25) is 0 Å². The third-order valence-corrected chi connectivity index (χ3v) is 4.64. The minimum atomic E-state index is 0.643. The van der Waals surface area contributed by atoms with E-state index in [0.29, 0.717) is 6.04 Å². The molecular weight excluding hydrogens is 204 g/mol. The van der Waals surface area contributed by atoms with Gasteiger partial charge in [0.1, 0.15) is 0 Å². The number of piperidine rings is 1. The molecule has 0 radical (unpaired) electrons. The van der Waals surface area contributed by atoms with E-state index >= 15 is 0 Å². The molecule has 3 rings (SSSR count). The lowest BCUT2D eigenvalue weighted by Crippen LogP contribution is -2.54. The zero-order chi connectivity index (χ0) is 10.1. The molecule has 82 valence electrons. The third-order valence-electron chi connectivity index (χ3n) is 3.66. The van der Waals surface area contributed by atoms with Crippen LogP contribution in [0.1, 0.15) is 30.2 Å². The molecule has 2 nitrogen and oxygen atoms in total. The predicted octanol–water partition coefficient (Wildman–Crippen LogP) is 2.25. The molecule has 2 saturated heterocycles. The largest absolute Gasteiger partial charge is 0.313 e. The molecule has 0 spiro atoms. The molecule has 2 unspecified atom stereocenters. The van der Waals surface area contributed by atoms with Crippen LogP contribution in [-0.2, 0) is 0 Å². The van der Waals surface area contributed by atoms with Gasteiger partial charge in [0.25, 0.3) is 0 Å². The molecule has 0 bridgehead atoms. The van der Waals surface area contributed by atoms with Gasteiger partial charge < -0.3 is 5.32 Å². The third kappa shape index (κ3) is 1.84. The number of rotatable bonds is 1. The Morgan fingerprint density at radius 1 is 1.33 bits per heavy atom. The summed E-state index contributed by atoms with van der Waals surface area (Å²) in [6.45, 7) is 3.63. The Kier molecular flexibility index (Phi) is 2.77. The van der Waals surface area contributed by atoms with Crippen molar-refractivity contribution in [1.29, 1.82) is 0 Å². The van der Waals surface area contributed by atoms with E-state index in [1.165, 1.54) is 37.2 Å². The molecule has 2 atom stereocenters. The second-order valence-corrected chi connectivity index (χ2v) is 5.56. The number of hydrogen-bond donors (Lipinski definition) is 1. The Morgan fingerprint density at radius 3 is 3.20 bits per heavy atom. The zero-order valence-corrected chi connectivity index (χ0v) is 9.80. The van der Waals surface area contributed by atoms with E-state index in [9.17, 15) is 0 Å². The maximum Gasteiger partial charge on any atom is 0.0569 e. The van der Waals surface area contributed by atoms with Crippen molar-refractivity contribution in [2.24, 2.45) is 0 Å². The minimum absolute atomic E-state index is 0.643. The Labute approximate surface area is 95.3 Å². The van der Waals surface area contributed by atoms with Gasteiger partial charge in [-0.15, -0.1) is 11.3 Å². The standard InChI is InChI=1S/C12H18N2S/c1-2-6-14-10(4-1)8-13-9-11(14)12-5-3-7-15-12/h3,5,7,10-11,13H,1-2,4,6,8-9H2. The molecule has 3 heterocycles. The summed E-state index contributed by atoms with van der Waals surface area (Å²) in [6.07, 6.45) is 4.19. The first-order valence-electron chi connectivity index (χ1n) is 5.95. The predicted molar refractivity (Wildman–Crippen MR) is 64.3 cm³/mol. The normalized spacial score (nSPS) is 32.5. The number of nitrogens with one attached hydrogen (secondary N) is 1. The lowest BCUT2D eigenvalue weighted by atomic mass is 9.96. The van der Waals surface area contributed by atoms with E-state index in [0.717, 1.165) is 12.6 Å². The smallest absolute Gasteiger partial charge is 0.0569 e. The van der Waals surface area contributed by atoms with Crippen molar-refractivity contribution in [3.05, 3.63) is 22.4 Å². The van der Waals surface area contributed by atoms with Gasteiger partial charge >= 0.3 is 0 Å². The maximum atomic E-state index is 3.59. The molecule has 2 aliphatic rings.